The molecule has 0 aliphatic carbocycles. The van der Waals surface area contributed by atoms with E-state index in [-0.39, 0.29) is 6.29 Å². The molecule has 0 aliphatic heterocycles. The summed E-state index contributed by atoms with van der Waals surface area (Å²) in [5.74, 6) is 1.08. The second-order valence-electron chi connectivity index (χ2n) is 3.69. The minimum atomic E-state index is -0.0932. The zero-order valence-corrected chi connectivity index (χ0v) is 11.0. The van der Waals surface area contributed by atoms with Crippen LogP contribution >= 0.6 is 11.8 Å². The summed E-state index contributed by atoms with van der Waals surface area (Å²) in [5.41, 5.74) is 1.31. The Hall–Kier alpha value is -0.510. The number of thioether (sulfide) groups is 1. The maximum Gasteiger partial charge on any atom is 0.154 e. The van der Waals surface area contributed by atoms with Gasteiger partial charge < -0.3 is 9.47 Å². The van der Waals surface area contributed by atoms with Crippen molar-refractivity contribution < 1.29 is 9.47 Å². The Labute approximate surface area is 102 Å². The Bertz CT molecular complexity index is 284. The molecule has 0 heterocycles. The fraction of sp³-hybridized carbons (Fsp3) is 0.538. The third-order valence-electron chi connectivity index (χ3n) is 2.26. The molecule has 0 bridgehead atoms. The molecule has 1 aromatic carbocycles. The van der Waals surface area contributed by atoms with Crippen LogP contribution in [0.3, 0.4) is 0 Å². The highest BCUT2D eigenvalue weighted by Gasteiger charge is 1.98. The number of hydrogen-bond donors (Lipinski definition) is 0. The second-order valence-corrected chi connectivity index (χ2v) is 4.86. The number of rotatable bonds is 7. The number of benzene rings is 1. The van der Waals surface area contributed by atoms with Crippen LogP contribution in [0.4, 0.5) is 0 Å². The topological polar surface area (TPSA) is 18.5 Å². The number of aryl methyl sites for hydroxylation is 1. The summed E-state index contributed by atoms with van der Waals surface area (Å²) in [6, 6.07) is 8.62. The molecule has 0 saturated heterocycles. The Balaban J connectivity index is 2.09. The van der Waals surface area contributed by atoms with Crippen molar-refractivity contribution in [3.05, 3.63) is 29.8 Å². The maximum atomic E-state index is 5.41. The van der Waals surface area contributed by atoms with Crippen molar-refractivity contribution in [3.63, 3.8) is 0 Å². The molecule has 0 radical (unpaired) electrons. The molecule has 0 amide bonds. The van der Waals surface area contributed by atoms with Crippen molar-refractivity contribution >= 4 is 11.8 Å². The minimum Gasteiger partial charge on any atom is -0.356 e. The molecule has 3 heteroatoms. The highest BCUT2D eigenvalue weighted by atomic mass is 32.2. The quantitative estimate of drug-likeness (QED) is 0.413. The van der Waals surface area contributed by atoms with Gasteiger partial charge in [0.15, 0.2) is 6.29 Å². The third-order valence-corrected chi connectivity index (χ3v) is 3.36. The molecule has 1 aromatic rings. The van der Waals surface area contributed by atoms with E-state index < -0.39 is 0 Å². The molecule has 90 valence electrons. The molecule has 0 aliphatic rings. The van der Waals surface area contributed by atoms with Gasteiger partial charge >= 0.3 is 0 Å². The van der Waals surface area contributed by atoms with E-state index in [1.165, 1.54) is 10.5 Å². The van der Waals surface area contributed by atoms with Gasteiger partial charge in [0, 0.05) is 17.8 Å². The van der Waals surface area contributed by atoms with Crippen molar-refractivity contribution in [2.75, 3.05) is 19.5 Å². The smallest absolute Gasteiger partial charge is 0.154 e. The average molecular weight is 240 g/mol. The lowest BCUT2D eigenvalue weighted by Gasteiger charge is -2.10. The van der Waals surface area contributed by atoms with Crippen LogP contribution in [0.25, 0.3) is 0 Å². The van der Waals surface area contributed by atoms with E-state index in [9.17, 15) is 0 Å². The molecule has 1 rings (SSSR count). The van der Waals surface area contributed by atoms with Crippen LogP contribution < -0.4 is 0 Å². The van der Waals surface area contributed by atoms with Gasteiger partial charge in [-0.3, -0.25) is 0 Å². The van der Waals surface area contributed by atoms with Gasteiger partial charge in [0.25, 0.3) is 0 Å². The Morgan fingerprint density at radius 2 is 1.94 bits per heavy atom. The molecular formula is C13H20O2S. The summed E-state index contributed by atoms with van der Waals surface area (Å²) < 4.78 is 10.4. The van der Waals surface area contributed by atoms with Gasteiger partial charge in [-0.15, -0.1) is 11.8 Å². The largest absolute Gasteiger partial charge is 0.356 e. The Morgan fingerprint density at radius 3 is 2.56 bits per heavy atom. The van der Waals surface area contributed by atoms with Crippen molar-refractivity contribution in [2.45, 2.75) is 31.5 Å². The summed E-state index contributed by atoms with van der Waals surface area (Å²) >= 11 is 1.87. The summed E-state index contributed by atoms with van der Waals surface area (Å²) in [6.45, 7) is 4.77. The molecule has 0 N–H and O–H groups in total. The first-order chi connectivity index (χ1) is 7.72. The zero-order valence-electron chi connectivity index (χ0n) is 10.2. The molecular weight excluding hydrogens is 220 g/mol. The molecule has 0 saturated carbocycles. The van der Waals surface area contributed by atoms with Crippen LogP contribution in [0.2, 0.25) is 0 Å². The second kappa shape index (κ2) is 7.71. The van der Waals surface area contributed by atoms with Gasteiger partial charge in [-0.25, -0.2) is 0 Å². The van der Waals surface area contributed by atoms with Crippen LogP contribution in [0, 0.1) is 6.92 Å². The normalized spacial score (nSPS) is 12.7. The van der Waals surface area contributed by atoms with Gasteiger partial charge in [0.05, 0.1) is 6.61 Å². The van der Waals surface area contributed by atoms with Gasteiger partial charge in [0.1, 0.15) is 0 Å². The van der Waals surface area contributed by atoms with Crippen LogP contribution in [-0.4, -0.2) is 25.8 Å². The Morgan fingerprint density at radius 1 is 1.25 bits per heavy atom. The summed E-state index contributed by atoms with van der Waals surface area (Å²) in [6.07, 6.45) is 0.955. The van der Waals surface area contributed by atoms with Gasteiger partial charge in [-0.05, 0) is 32.4 Å². The first-order valence-electron chi connectivity index (χ1n) is 5.56. The maximum absolute atomic E-state index is 5.41. The van der Waals surface area contributed by atoms with Crippen molar-refractivity contribution in [2.24, 2.45) is 0 Å². The van der Waals surface area contributed by atoms with Crippen LogP contribution in [0.5, 0.6) is 0 Å². The van der Waals surface area contributed by atoms with Crippen LogP contribution in [-0.2, 0) is 9.47 Å². The number of ether oxygens (including phenoxy) is 2. The van der Waals surface area contributed by atoms with Gasteiger partial charge in [-0.1, -0.05) is 17.7 Å². The van der Waals surface area contributed by atoms with Gasteiger partial charge in [0.2, 0.25) is 0 Å². The third kappa shape index (κ3) is 5.54. The van der Waals surface area contributed by atoms with Crippen LogP contribution in [0.1, 0.15) is 18.9 Å². The lowest BCUT2D eigenvalue weighted by atomic mass is 10.2. The fourth-order valence-electron chi connectivity index (χ4n) is 1.20. The van der Waals surface area contributed by atoms with Crippen molar-refractivity contribution in [1.82, 2.24) is 0 Å². The predicted molar refractivity (Wildman–Crippen MR) is 68.9 cm³/mol. The van der Waals surface area contributed by atoms with E-state index in [0.29, 0.717) is 0 Å². The zero-order chi connectivity index (χ0) is 11.8. The summed E-state index contributed by atoms with van der Waals surface area (Å²) in [4.78, 5) is 1.32. The molecule has 1 unspecified atom stereocenters. The average Bonchev–Trinajstić information content (AvgIpc) is 2.31. The standard InChI is InChI=1S/C13H20O2S/c1-11-5-7-13(8-6-11)16-10-4-9-15-12(2)14-3/h5-8,12H,4,9-10H2,1-3H3. The highest BCUT2D eigenvalue weighted by Crippen LogP contribution is 2.18. The van der Waals surface area contributed by atoms with Gasteiger partial charge in [-0.2, -0.15) is 0 Å². The first-order valence-corrected chi connectivity index (χ1v) is 6.55. The van der Waals surface area contributed by atoms with E-state index in [1.807, 2.05) is 18.7 Å². The van der Waals surface area contributed by atoms with E-state index >= 15 is 0 Å². The monoisotopic (exact) mass is 240 g/mol. The Kier molecular flexibility index (Phi) is 6.53. The number of methoxy groups -OCH3 is 1. The molecule has 0 aromatic heterocycles. The van der Waals surface area contributed by atoms with Crippen molar-refractivity contribution in [1.29, 1.82) is 0 Å². The van der Waals surface area contributed by atoms with E-state index in [1.54, 1.807) is 7.11 Å². The first kappa shape index (κ1) is 13.6. The molecule has 2 nitrogen and oxygen atoms in total. The van der Waals surface area contributed by atoms with Crippen LogP contribution in [0.15, 0.2) is 29.2 Å². The predicted octanol–water partition coefficient (Wildman–Crippen LogP) is 3.49. The molecule has 0 fully saturated rings. The van der Waals surface area contributed by atoms with Crippen molar-refractivity contribution in [3.8, 4) is 0 Å². The lowest BCUT2D eigenvalue weighted by Crippen LogP contribution is -2.11. The fourth-order valence-corrected chi connectivity index (χ4v) is 2.03. The molecule has 16 heavy (non-hydrogen) atoms. The summed E-state index contributed by atoms with van der Waals surface area (Å²) in [7, 11) is 1.66. The highest BCUT2D eigenvalue weighted by molar-refractivity contribution is 7.99. The van der Waals surface area contributed by atoms with E-state index in [0.717, 1.165) is 18.8 Å². The SMILES string of the molecule is COC(C)OCCCSc1ccc(C)cc1. The van der Waals surface area contributed by atoms with E-state index in [4.69, 9.17) is 9.47 Å². The minimum absolute atomic E-state index is 0.0932. The molecule has 0 spiro atoms. The number of hydrogen-bond acceptors (Lipinski definition) is 3. The van der Waals surface area contributed by atoms with E-state index in [2.05, 4.69) is 31.2 Å². The lowest BCUT2D eigenvalue weighted by molar-refractivity contribution is -0.110. The molecule has 1 atom stereocenters. The summed E-state index contributed by atoms with van der Waals surface area (Å²) in [5, 5.41) is 0.